The van der Waals surface area contributed by atoms with Crippen LogP contribution in [0.3, 0.4) is 0 Å². The quantitative estimate of drug-likeness (QED) is 0.805. The smallest absolute Gasteiger partial charge is 0.246 e. The van der Waals surface area contributed by atoms with E-state index in [2.05, 4.69) is 9.71 Å². The molecule has 0 fully saturated rings. The zero-order chi connectivity index (χ0) is 12.2. The molecule has 0 spiro atoms. The molecule has 16 heavy (non-hydrogen) atoms. The third-order valence-corrected chi connectivity index (χ3v) is 3.77. The predicted octanol–water partition coefficient (Wildman–Crippen LogP) is 0.842. The maximum atomic E-state index is 11.8. The van der Waals surface area contributed by atoms with Gasteiger partial charge in [-0.05, 0) is 13.3 Å². The fraction of sp³-hybridized carbons (Fsp3) is 0.500. The van der Waals surface area contributed by atoms with Gasteiger partial charge in [-0.2, -0.15) is 0 Å². The summed E-state index contributed by atoms with van der Waals surface area (Å²) in [4.78, 5) is 13.7. The molecule has 0 amide bonds. The van der Waals surface area contributed by atoms with Crippen LogP contribution in [0.5, 0.6) is 0 Å². The van der Waals surface area contributed by atoms with Crippen molar-refractivity contribution in [1.82, 2.24) is 9.71 Å². The number of aromatic amines is 1. The molecule has 0 saturated heterocycles. The van der Waals surface area contributed by atoms with E-state index in [4.69, 9.17) is 0 Å². The molecule has 1 unspecified atom stereocenters. The molecule has 1 rings (SSSR count). The second-order valence-electron chi connectivity index (χ2n) is 3.68. The number of sulfonamides is 1. The van der Waals surface area contributed by atoms with E-state index in [1.165, 1.54) is 18.5 Å². The van der Waals surface area contributed by atoms with Crippen LogP contribution in [-0.4, -0.2) is 19.4 Å². The number of hydrogen-bond donors (Lipinski definition) is 2. The lowest BCUT2D eigenvalue weighted by atomic mass is 10.2. The Morgan fingerprint density at radius 3 is 2.75 bits per heavy atom. The van der Waals surface area contributed by atoms with E-state index in [0.29, 0.717) is 0 Å². The number of nitrogens with one attached hydrogen (secondary N) is 2. The standard InChI is InChI=1S/C10H16N2O3S/c1-3-4-8(2)12-16(14,15)10-7-11-6-5-9(10)13/h5-8,12H,3-4H2,1-2H3,(H,11,13). The maximum Gasteiger partial charge on any atom is 0.246 e. The van der Waals surface area contributed by atoms with Crippen LogP contribution in [0.4, 0.5) is 0 Å². The molecule has 0 aliphatic rings. The number of H-pyrrole nitrogens is 1. The van der Waals surface area contributed by atoms with Crippen LogP contribution >= 0.6 is 0 Å². The molecule has 2 N–H and O–H groups in total. The second-order valence-corrected chi connectivity index (χ2v) is 5.37. The van der Waals surface area contributed by atoms with Gasteiger partial charge in [0.05, 0.1) is 0 Å². The first-order chi connectivity index (χ1) is 7.47. The van der Waals surface area contributed by atoms with Crippen molar-refractivity contribution in [3.63, 3.8) is 0 Å². The average Bonchev–Trinajstić information content (AvgIpc) is 2.17. The van der Waals surface area contributed by atoms with Crippen molar-refractivity contribution in [3.8, 4) is 0 Å². The Morgan fingerprint density at radius 2 is 2.19 bits per heavy atom. The molecular formula is C10H16N2O3S. The van der Waals surface area contributed by atoms with Gasteiger partial charge in [0, 0.05) is 24.5 Å². The minimum Gasteiger partial charge on any atom is -0.366 e. The van der Waals surface area contributed by atoms with Gasteiger partial charge in [0.1, 0.15) is 4.90 Å². The number of pyridine rings is 1. The van der Waals surface area contributed by atoms with Gasteiger partial charge in [0.2, 0.25) is 15.5 Å². The number of rotatable bonds is 5. The monoisotopic (exact) mass is 244 g/mol. The van der Waals surface area contributed by atoms with Crippen LogP contribution in [0.2, 0.25) is 0 Å². The van der Waals surface area contributed by atoms with Crippen molar-refractivity contribution in [2.24, 2.45) is 0 Å². The molecule has 0 aliphatic heterocycles. The lowest BCUT2D eigenvalue weighted by Gasteiger charge is -2.12. The molecule has 0 bridgehead atoms. The lowest BCUT2D eigenvalue weighted by molar-refractivity contribution is 0.543. The average molecular weight is 244 g/mol. The van der Waals surface area contributed by atoms with Gasteiger partial charge in [-0.3, -0.25) is 4.79 Å². The molecule has 1 heterocycles. The Kier molecular flexibility index (Phi) is 4.26. The highest BCUT2D eigenvalue weighted by Crippen LogP contribution is 2.04. The van der Waals surface area contributed by atoms with Gasteiger partial charge in [0.25, 0.3) is 0 Å². The molecule has 1 atom stereocenters. The number of hydrogen-bond acceptors (Lipinski definition) is 3. The highest BCUT2D eigenvalue weighted by Gasteiger charge is 2.19. The lowest BCUT2D eigenvalue weighted by Crippen LogP contribution is -2.35. The maximum absolute atomic E-state index is 11.8. The third kappa shape index (κ3) is 3.18. The van der Waals surface area contributed by atoms with Crippen LogP contribution in [0.25, 0.3) is 0 Å². The summed E-state index contributed by atoms with van der Waals surface area (Å²) in [5, 5.41) is 0. The van der Waals surface area contributed by atoms with Crippen LogP contribution in [-0.2, 0) is 10.0 Å². The van der Waals surface area contributed by atoms with E-state index in [1.54, 1.807) is 6.92 Å². The van der Waals surface area contributed by atoms with E-state index >= 15 is 0 Å². The van der Waals surface area contributed by atoms with Crippen molar-refractivity contribution >= 4 is 10.0 Å². The first kappa shape index (κ1) is 12.9. The van der Waals surface area contributed by atoms with Gasteiger partial charge in [-0.1, -0.05) is 13.3 Å². The van der Waals surface area contributed by atoms with Crippen molar-refractivity contribution in [2.45, 2.75) is 37.6 Å². The Balaban J connectivity index is 2.95. The van der Waals surface area contributed by atoms with Gasteiger partial charge in [-0.25, -0.2) is 13.1 Å². The Morgan fingerprint density at radius 1 is 1.50 bits per heavy atom. The highest BCUT2D eigenvalue weighted by atomic mass is 32.2. The summed E-state index contributed by atoms with van der Waals surface area (Å²) in [6, 6.07) is 1.02. The second kappa shape index (κ2) is 5.27. The summed E-state index contributed by atoms with van der Waals surface area (Å²) in [7, 11) is -3.71. The Hall–Kier alpha value is -1.14. The van der Waals surface area contributed by atoms with Crippen molar-refractivity contribution in [2.75, 3.05) is 0 Å². The first-order valence-corrected chi connectivity index (χ1v) is 6.65. The van der Waals surface area contributed by atoms with E-state index in [-0.39, 0.29) is 10.9 Å². The van der Waals surface area contributed by atoms with Crippen LogP contribution < -0.4 is 10.2 Å². The van der Waals surface area contributed by atoms with Gasteiger partial charge >= 0.3 is 0 Å². The van der Waals surface area contributed by atoms with Crippen LogP contribution in [0, 0.1) is 0 Å². The van der Waals surface area contributed by atoms with Gasteiger partial charge in [-0.15, -0.1) is 0 Å². The minimum atomic E-state index is -3.71. The molecule has 5 nitrogen and oxygen atoms in total. The Bertz CT molecular complexity index is 493. The topological polar surface area (TPSA) is 79.0 Å². The fourth-order valence-electron chi connectivity index (χ4n) is 1.43. The molecule has 0 radical (unpaired) electrons. The number of aromatic nitrogens is 1. The summed E-state index contributed by atoms with van der Waals surface area (Å²) < 4.78 is 26.1. The van der Waals surface area contributed by atoms with E-state index < -0.39 is 15.5 Å². The zero-order valence-electron chi connectivity index (χ0n) is 9.36. The molecule has 1 aromatic rings. The van der Waals surface area contributed by atoms with Crippen molar-refractivity contribution < 1.29 is 8.42 Å². The summed E-state index contributed by atoms with van der Waals surface area (Å²) in [6.07, 6.45) is 4.22. The molecule has 6 heteroatoms. The predicted molar refractivity (Wildman–Crippen MR) is 61.8 cm³/mol. The van der Waals surface area contributed by atoms with E-state index in [9.17, 15) is 13.2 Å². The zero-order valence-corrected chi connectivity index (χ0v) is 10.2. The van der Waals surface area contributed by atoms with Crippen LogP contribution in [0.15, 0.2) is 28.2 Å². The van der Waals surface area contributed by atoms with Crippen molar-refractivity contribution in [3.05, 3.63) is 28.7 Å². The fourth-order valence-corrected chi connectivity index (χ4v) is 2.76. The van der Waals surface area contributed by atoms with Gasteiger partial charge in [0.15, 0.2) is 0 Å². The summed E-state index contributed by atoms with van der Waals surface area (Å²) in [6.45, 7) is 3.75. The SMILES string of the molecule is CCCC(C)NS(=O)(=O)c1c[nH]ccc1=O. The first-order valence-electron chi connectivity index (χ1n) is 5.17. The molecule has 90 valence electrons. The minimum absolute atomic E-state index is 0.172. The molecule has 0 aliphatic carbocycles. The van der Waals surface area contributed by atoms with Gasteiger partial charge < -0.3 is 4.98 Å². The largest absolute Gasteiger partial charge is 0.366 e. The normalized spacial score (nSPS) is 13.6. The molecule has 0 saturated carbocycles. The molecular weight excluding hydrogens is 228 g/mol. The summed E-state index contributed by atoms with van der Waals surface area (Å²) >= 11 is 0. The summed E-state index contributed by atoms with van der Waals surface area (Å²) in [5.74, 6) is 0. The van der Waals surface area contributed by atoms with E-state index in [0.717, 1.165) is 12.8 Å². The van der Waals surface area contributed by atoms with Crippen molar-refractivity contribution in [1.29, 1.82) is 0 Å². The van der Waals surface area contributed by atoms with Crippen LogP contribution in [0.1, 0.15) is 26.7 Å². The third-order valence-electron chi connectivity index (χ3n) is 2.16. The highest BCUT2D eigenvalue weighted by molar-refractivity contribution is 7.89. The summed E-state index contributed by atoms with van der Waals surface area (Å²) in [5.41, 5.74) is -0.505. The molecule has 0 aromatic carbocycles. The molecule has 1 aromatic heterocycles. The van der Waals surface area contributed by atoms with E-state index in [1.807, 2.05) is 6.92 Å². The Labute approximate surface area is 94.9 Å².